The van der Waals surface area contributed by atoms with Crippen molar-refractivity contribution in [3.63, 3.8) is 0 Å². The molecule has 0 heterocycles. The summed E-state index contributed by atoms with van der Waals surface area (Å²) in [6.45, 7) is 1.71. The van der Waals surface area contributed by atoms with Gasteiger partial charge in [0.25, 0.3) is 0 Å². The molecule has 0 saturated carbocycles. The fourth-order valence-electron chi connectivity index (χ4n) is 1.90. The third-order valence-corrected chi connectivity index (χ3v) is 3.19. The first-order chi connectivity index (χ1) is 10.5. The molecule has 0 radical (unpaired) electrons. The van der Waals surface area contributed by atoms with Gasteiger partial charge in [0.15, 0.2) is 0 Å². The minimum absolute atomic E-state index is 0.0104. The number of aromatic hydroxyl groups is 1. The highest BCUT2D eigenvalue weighted by Gasteiger charge is 2.26. The Bertz CT molecular complexity index is 679. The highest BCUT2D eigenvalue weighted by molar-refractivity contribution is 5.92. The van der Waals surface area contributed by atoms with E-state index in [4.69, 9.17) is 4.74 Å². The van der Waals surface area contributed by atoms with Crippen molar-refractivity contribution in [2.24, 2.45) is 0 Å². The molecule has 0 amide bonds. The molecule has 5 nitrogen and oxygen atoms in total. The van der Waals surface area contributed by atoms with Gasteiger partial charge in [-0.05, 0) is 24.6 Å². The molecular formula is C17H16O5. The first-order valence-corrected chi connectivity index (χ1v) is 6.66. The third-order valence-electron chi connectivity index (χ3n) is 3.19. The van der Waals surface area contributed by atoms with Crippen LogP contribution in [0.15, 0.2) is 48.5 Å². The van der Waals surface area contributed by atoms with Crippen molar-refractivity contribution >= 4 is 11.9 Å². The molecule has 1 unspecified atom stereocenters. The van der Waals surface area contributed by atoms with Gasteiger partial charge in [-0.25, -0.2) is 9.59 Å². The molecule has 1 N–H and O–H groups in total. The summed E-state index contributed by atoms with van der Waals surface area (Å²) in [6.07, 6.45) is -1.15. The van der Waals surface area contributed by atoms with Crippen molar-refractivity contribution in [2.75, 3.05) is 7.11 Å². The van der Waals surface area contributed by atoms with Gasteiger partial charge in [0.2, 0.25) is 6.10 Å². The average Bonchev–Trinajstić information content (AvgIpc) is 2.55. The maximum atomic E-state index is 12.2. The summed E-state index contributed by atoms with van der Waals surface area (Å²) in [4.78, 5) is 24.0. The van der Waals surface area contributed by atoms with E-state index in [-0.39, 0.29) is 11.3 Å². The molecule has 2 rings (SSSR count). The molecule has 0 saturated heterocycles. The zero-order valence-electron chi connectivity index (χ0n) is 12.3. The summed E-state index contributed by atoms with van der Waals surface area (Å²) in [7, 11) is 1.23. The van der Waals surface area contributed by atoms with Crippen LogP contribution in [0.2, 0.25) is 0 Å². The fraction of sp³-hybridized carbons (Fsp3) is 0.176. The van der Waals surface area contributed by atoms with Gasteiger partial charge in [-0.2, -0.15) is 0 Å². The number of hydrogen-bond acceptors (Lipinski definition) is 5. The van der Waals surface area contributed by atoms with Gasteiger partial charge in [-0.3, -0.25) is 0 Å². The van der Waals surface area contributed by atoms with Gasteiger partial charge >= 0.3 is 11.9 Å². The second kappa shape index (κ2) is 6.76. The van der Waals surface area contributed by atoms with E-state index in [0.717, 1.165) is 0 Å². The third kappa shape index (κ3) is 3.44. The number of carbonyl (C=O) groups is 2. The van der Waals surface area contributed by atoms with E-state index in [1.54, 1.807) is 43.3 Å². The number of rotatable bonds is 4. The fourth-order valence-corrected chi connectivity index (χ4v) is 1.90. The van der Waals surface area contributed by atoms with Crippen LogP contribution in [-0.4, -0.2) is 24.2 Å². The summed E-state index contributed by atoms with van der Waals surface area (Å²) in [6, 6.07) is 13.0. The Morgan fingerprint density at radius 3 is 2.36 bits per heavy atom. The summed E-state index contributed by atoms with van der Waals surface area (Å²) in [5.41, 5.74) is 1.32. The Balaban J connectivity index is 2.25. The Morgan fingerprint density at radius 1 is 1.09 bits per heavy atom. The van der Waals surface area contributed by atoms with E-state index >= 15 is 0 Å². The van der Waals surface area contributed by atoms with E-state index in [2.05, 4.69) is 4.74 Å². The highest BCUT2D eigenvalue weighted by atomic mass is 16.6. The lowest BCUT2D eigenvalue weighted by Gasteiger charge is -2.16. The number of phenols is 1. The quantitative estimate of drug-likeness (QED) is 0.879. The summed E-state index contributed by atoms with van der Waals surface area (Å²) in [5.74, 6) is -1.39. The van der Waals surface area contributed by atoms with Crippen molar-refractivity contribution in [1.82, 2.24) is 0 Å². The molecule has 1 atom stereocenters. The maximum absolute atomic E-state index is 12.2. The number of aryl methyl sites for hydroxylation is 1. The molecule has 0 aliphatic carbocycles. The molecule has 0 aliphatic heterocycles. The Labute approximate surface area is 128 Å². The minimum Gasteiger partial charge on any atom is -0.508 e. The molecule has 0 fully saturated rings. The Kier molecular flexibility index (Phi) is 4.78. The van der Waals surface area contributed by atoms with Crippen molar-refractivity contribution in [3.8, 4) is 5.75 Å². The number of carbonyl (C=O) groups excluding carboxylic acids is 2. The predicted octanol–water partition coefficient (Wildman–Crippen LogP) is 2.77. The van der Waals surface area contributed by atoms with E-state index in [0.29, 0.717) is 11.1 Å². The van der Waals surface area contributed by atoms with Crippen LogP contribution in [0, 0.1) is 6.92 Å². The van der Waals surface area contributed by atoms with Gasteiger partial charge in [0, 0.05) is 5.56 Å². The molecule has 22 heavy (non-hydrogen) atoms. The van der Waals surface area contributed by atoms with Crippen LogP contribution in [0.1, 0.15) is 27.6 Å². The summed E-state index contributed by atoms with van der Waals surface area (Å²) in [5, 5.41) is 9.66. The lowest BCUT2D eigenvalue weighted by Crippen LogP contribution is -2.21. The van der Waals surface area contributed by atoms with Crippen LogP contribution in [0.5, 0.6) is 5.75 Å². The van der Waals surface area contributed by atoms with Crippen LogP contribution < -0.4 is 0 Å². The first-order valence-electron chi connectivity index (χ1n) is 6.66. The monoisotopic (exact) mass is 300 g/mol. The van der Waals surface area contributed by atoms with Gasteiger partial charge < -0.3 is 14.6 Å². The van der Waals surface area contributed by atoms with Crippen molar-refractivity contribution < 1.29 is 24.2 Å². The van der Waals surface area contributed by atoms with Gasteiger partial charge in [-0.1, -0.05) is 36.4 Å². The lowest BCUT2D eigenvalue weighted by molar-refractivity contribution is -0.151. The molecule has 5 heteroatoms. The Hall–Kier alpha value is -2.82. The predicted molar refractivity (Wildman–Crippen MR) is 79.5 cm³/mol. The molecule has 2 aromatic rings. The average molecular weight is 300 g/mol. The van der Waals surface area contributed by atoms with Crippen LogP contribution in [0.25, 0.3) is 0 Å². The molecule has 0 aliphatic rings. The maximum Gasteiger partial charge on any atom is 0.351 e. The van der Waals surface area contributed by atoms with E-state index in [1.165, 1.54) is 19.2 Å². The second-order valence-electron chi connectivity index (χ2n) is 4.72. The van der Waals surface area contributed by atoms with Crippen LogP contribution in [0.3, 0.4) is 0 Å². The Morgan fingerprint density at radius 2 is 1.77 bits per heavy atom. The zero-order chi connectivity index (χ0) is 16.1. The molecule has 114 valence electrons. The zero-order valence-corrected chi connectivity index (χ0v) is 12.3. The molecule has 0 aromatic heterocycles. The van der Waals surface area contributed by atoms with Gasteiger partial charge in [0.1, 0.15) is 5.75 Å². The molecule has 0 bridgehead atoms. The first kappa shape index (κ1) is 15.6. The summed E-state index contributed by atoms with van der Waals surface area (Å²) >= 11 is 0. The second-order valence-corrected chi connectivity index (χ2v) is 4.72. The topological polar surface area (TPSA) is 72.8 Å². The number of ether oxygens (including phenoxy) is 2. The van der Waals surface area contributed by atoms with Crippen molar-refractivity contribution in [1.29, 1.82) is 0 Å². The standard InChI is InChI=1S/C17H16O5/c1-11-8-9-13(10-14(11)18)16(19)22-15(17(20)21-2)12-6-4-3-5-7-12/h3-10,15,18H,1-2H3. The summed E-state index contributed by atoms with van der Waals surface area (Å²) < 4.78 is 9.93. The van der Waals surface area contributed by atoms with E-state index in [9.17, 15) is 14.7 Å². The van der Waals surface area contributed by atoms with Crippen molar-refractivity contribution in [2.45, 2.75) is 13.0 Å². The van der Waals surface area contributed by atoms with Crippen LogP contribution in [0.4, 0.5) is 0 Å². The SMILES string of the molecule is COC(=O)C(OC(=O)c1ccc(C)c(O)c1)c1ccccc1. The van der Waals surface area contributed by atoms with E-state index < -0.39 is 18.0 Å². The largest absolute Gasteiger partial charge is 0.508 e. The number of phenolic OH excluding ortho intramolecular Hbond substituents is 1. The van der Waals surface area contributed by atoms with Crippen LogP contribution >= 0.6 is 0 Å². The molecular weight excluding hydrogens is 284 g/mol. The highest BCUT2D eigenvalue weighted by Crippen LogP contribution is 2.23. The number of methoxy groups -OCH3 is 1. The normalized spacial score (nSPS) is 11.5. The van der Waals surface area contributed by atoms with E-state index in [1.807, 2.05) is 0 Å². The van der Waals surface area contributed by atoms with Gasteiger partial charge in [0.05, 0.1) is 12.7 Å². The number of esters is 2. The van der Waals surface area contributed by atoms with Gasteiger partial charge in [-0.15, -0.1) is 0 Å². The van der Waals surface area contributed by atoms with Crippen LogP contribution in [-0.2, 0) is 14.3 Å². The molecule has 2 aromatic carbocycles. The minimum atomic E-state index is -1.15. The molecule has 0 spiro atoms. The number of hydrogen-bond donors (Lipinski definition) is 1. The smallest absolute Gasteiger partial charge is 0.351 e. The van der Waals surface area contributed by atoms with Crippen molar-refractivity contribution in [3.05, 3.63) is 65.2 Å². The lowest BCUT2D eigenvalue weighted by atomic mass is 10.1. The number of benzene rings is 2.